The van der Waals surface area contributed by atoms with Crippen LogP contribution in [0.3, 0.4) is 0 Å². The number of unbranched alkanes of at least 4 members (excludes halogenated alkanes) is 13. The van der Waals surface area contributed by atoms with E-state index in [1.807, 2.05) is 0 Å². The fourth-order valence-corrected chi connectivity index (χ4v) is 7.81. The van der Waals surface area contributed by atoms with E-state index in [1.54, 1.807) is 0 Å². The van der Waals surface area contributed by atoms with Crippen molar-refractivity contribution in [3.05, 3.63) is 182 Å². The average molecular weight is 1090 g/mol. The van der Waals surface area contributed by atoms with Crippen LogP contribution in [-0.2, 0) is 28.6 Å². The Morgan fingerprint density at radius 1 is 0.253 bits per heavy atom. The van der Waals surface area contributed by atoms with Gasteiger partial charge in [-0.25, -0.2) is 0 Å². The van der Waals surface area contributed by atoms with Gasteiger partial charge in [-0.2, -0.15) is 0 Å². The summed E-state index contributed by atoms with van der Waals surface area (Å²) in [5.41, 5.74) is 0. The van der Waals surface area contributed by atoms with Crippen molar-refractivity contribution in [2.75, 3.05) is 13.2 Å². The van der Waals surface area contributed by atoms with Gasteiger partial charge in [-0.15, -0.1) is 0 Å². The van der Waals surface area contributed by atoms with Gasteiger partial charge in [-0.3, -0.25) is 14.4 Å². The lowest BCUT2D eigenvalue weighted by Gasteiger charge is -2.18. The number of rotatable bonds is 54. The molecule has 0 aromatic carbocycles. The monoisotopic (exact) mass is 1080 g/mol. The third-order valence-corrected chi connectivity index (χ3v) is 12.4. The number of hydrogen-bond donors (Lipinski definition) is 0. The molecule has 0 N–H and O–H groups in total. The van der Waals surface area contributed by atoms with Gasteiger partial charge in [-0.05, 0) is 154 Å². The van der Waals surface area contributed by atoms with Crippen LogP contribution in [0, 0.1) is 0 Å². The summed E-state index contributed by atoms with van der Waals surface area (Å²) in [6.45, 7) is 6.22. The summed E-state index contributed by atoms with van der Waals surface area (Å²) >= 11 is 0. The lowest BCUT2D eigenvalue weighted by molar-refractivity contribution is -0.167. The maximum atomic E-state index is 12.9. The number of carbonyl (C=O) groups is 3. The fraction of sp³-hybridized carbons (Fsp3) is 0.548. The molecule has 1 unspecified atom stereocenters. The molecule has 0 heterocycles. The maximum absolute atomic E-state index is 12.9. The minimum Gasteiger partial charge on any atom is -0.462 e. The summed E-state index contributed by atoms with van der Waals surface area (Å²) in [6.07, 6.45) is 97.5. The Morgan fingerprint density at radius 3 is 0.722 bits per heavy atom. The van der Waals surface area contributed by atoms with Gasteiger partial charge in [0.1, 0.15) is 13.2 Å². The van der Waals surface area contributed by atoms with Crippen LogP contribution in [0.5, 0.6) is 0 Å². The Bertz CT molecular complexity index is 1870. The van der Waals surface area contributed by atoms with Crippen LogP contribution in [0.25, 0.3) is 0 Å². The molecule has 0 rings (SSSR count). The highest BCUT2D eigenvalue weighted by Gasteiger charge is 2.19. The topological polar surface area (TPSA) is 78.9 Å². The van der Waals surface area contributed by atoms with E-state index in [0.717, 1.165) is 180 Å². The molecular formula is C73H112O6. The quantitative estimate of drug-likeness (QED) is 0.0261. The molecule has 0 saturated carbocycles. The highest BCUT2D eigenvalue weighted by atomic mass is 16.6. The highest BCUT2D eigenvalue weighted by molar-refractivity contribution is 5.71. The van der Waals surface area contributed by atoms with E-state index in [4.69, 9.17) is 14.2 Å². The van der Waals surface area contributed by atoms with Crippen molar-refractivity contribution in [2.45, 2.75) is 245 Å². The van der Waals surface area contributed by atoms with Gasteiger partial charge in [0.15, 0.2) is 6.10 Å². The van der Waals surface area contributed by atoms with Crippen molar-refractivity contribution >= 4 is 17.9 Å². The Balaban J connectivity index is 4.44. The molecular weight excluding hydrogens is 973 g/mol. The zero-order valence-electron chi connectivity index (χ0n) is 50.3. The predicted molar refractivity (Wildman–Crippen MR) is 343 cm³/mol. The number of allylic oxidation sites excluding steroid dienone is 30. The molecule has 6 nitrogen and oxygen atoms in total. The summed E-state index contributed by atoms with van der Waals surface area (Å²) in [7, 11) is 0. The summed E-state index contributed by atoms with van der Waals surface area (Å²) in [6, 6.07) is 0. The lowest BCUT2D eigenvalue weighted by Crippen LogP contribution is -2.30. The second-order valence-corrected chi connectivity index (χ2v) is 19.8. The normalized spacial score (nSPS) is 13.4. The first-order valence-corrected chi connectivity index (χ1v) is 31.3. The van der Waals surface area contributed by atoms with Gasteiger partial charge in [0.05, 0.1) is 0 Å². The molecule has 1 atom stereocenters. The molecule has 0 aromatic rings. The van der Waals surface area contributed by atoms with Crippen LogP contribution in [0.1, 0.15) is 239 Å². The molecule has 0 aliphatic carbocycles. The Labute approximate surface area is 484 Å². The molecule has 0 aliphatic rings. The van der Waals surface area contributed by atoms with Crippen molar-refractivity contribution in [1.82, 2.24) is 0 Å². The number of hydrogen-bond acceptors (Lipinski definition) is 6. The third kappa shape index (κ3) is 63.2. The van der Waals surface area contributed by atoms with Gasteiger partial charge < -0.3 is 14.2 Å². The van der Waals surface area contributed by atoms with E-state index in [-0.39, 0.29) is 31.1 Å². The first-order valence-electron chi connectivity index (χ1n) is 31.3. The summed E-state index contributed by atoms with van der Waals surface area (Å²) < 4.78 is 16.8. The largest absolute Gasteiger partial charge is 0.462 e. The second kappa shape index (κ2) is 65.0. The first-order chi connectivity index (χ1) is 39.0. The number of ether oxygens (including phenoxy) is 3. The molecule has 0 fully saturated rings. The molecule has 0 amide bonds. The lowest BCUT2D eigenvalue weighted by atomic mass is 10.1. The van der Waals surface area contributed by atoms with Gasteiger partial charge in [0.25, 0.3) is 0 Å². The number of carbonyl (C=O) groups excluding carboxylic acids is 3. The average Bonchev–Trinajstić information content (AvgIpc) is 3.45. The Kier molecular flexibility index (Phi) is 60.5. The van der Waals surface area contributed by atoms with E-state index >= 15 is 0 Å². The van der Waals surface area contributed by atoms with Crippen LogP contribution >= 0.6 is 0 Å². The predicted octanol–water partition coefficient (Wildman–Crippen LogP) is 21.7. The maximum Gasteiger partial charge on any atom is 0.306 e. The van der Waals surface area contributed by atoms with Crippen molar-refractivity contribution in [3.63, 3.8) is 0 Å². The molecule has 0 aliphatic heterocycles. The van der Waals surface area contributed by atoms with E-state index in [2.05, 4.69) is 203 Å². The van der Waals surface area contributed by atoms with Crippen LogP contribution < -0.4 is 0 Å². The minimum absolute atomic E-state index is 0.117. The van der Waals surface area contributed by atoms with Crippen LogP contribution in [0.2, 0.25) is 0 Å². The van der Waals surface area contributed by atoms with Crippen LogP contribution in [0.15, 0.2) is 182 Å². The minimum atomic E-state index is -0.821. The molecule has 0 aromatic heterocycles. The van der Waals surface area contributed by atoms with Crippen molar-refractivity contribution < 1.29 is 28.6 Å². The summed E-state index contributed by atoms with van der Waals surface area (Å²) in [5, 5.41) is 0. The Hall–Kier alpha value is -5.49. The molecule has 0 radical (unpaired) electrons. The molecule has 79 heavy (non-hydrogen) atoms. The van der Waals surface area contributed by atoms with E-state index in [1.165, 1.54) is 19.3 Å². The first kappa shape index (κ1) is 73.5. The second-order valence-electron chi connectivity index (χ2n) is 19.8. The van der Waals surface area contributed by atoms with Crippen LogP contribution in [0.4, 0.5) is 0 Å². The van der Waals surface area contributed by atoms with Crippen LogP contribution in [-0.4, -0.2) is 37.2 Å². The van der Waals surface area contributed by atoms with Crippen molar-refractivity contribution in [3.8, 4) is 0 Å². The standard InChI is InChI=1S/C73H112O6/c1-4-7-10-13-16-19-22-25-27-29-30-31-32-33-34-35-36-37-38-39-40-41-42-44-45-48-51-54-57-60-63-66-72(75)78-69-70(68-77-71(74)65-62-59-56-53-50-47-24-21-18-15-12-9-6-3)79-73(76)67-64-61-58-55-52-49-46-43-28-26-23-20-17-14-11-8-5-2/h7-12,16-21,25-28,30-31,33-34,36-37,39-40,42,44,47-48,50-51,70H,4-6,13-15,22-24,29,32,35,38,41,43,45-46,49,52-69H2,1-3H3/b10-7-,11-8-,12-9-,19-16-,20-17-,21-18-,27-25-,28-26-,31-30-,34-33-,37-36-,40-39-,44-42-,50-47-,51-48-. The highest BCUT2D eigenvalue weighted by Crippen LogP contribution is 2.13. The zero-order chi connectivity index (χ0) is 57.1. The molecule has 0 bridgehead atoms. The van der Waals surface area contributed by atoms with Gasteiger partial charge in [-0.1, -0.05) is 248 Å². The number of esters is 3. The Morgan fingerprint density at radius 2 is 0.456 bits per heavy atom. The fourth-order valence-electron chi connectivity index (χ4n) is 7.81. The zero-order valence-corrected chi connectivity index (χ0v) is 50.3. The summed E-state index contributed by atoms with van der Waals surface area (Å²) in [4.78, 5) is 38.2. The molecule has 440 valence electrons. The molecule has 0 saturated heterocycles. The van der Waals surface area contributed by atoms with Gasteiger partial charge >= 0.3 is 17.9 Å². The third-order valence-electron chi connectivity index (χ3n) is 12.4. The van der Waals surface area contributed by atoms with Gasteiger partial charge in [0, 0.05) is 19.3 Å². The SMILES string of the molecule is CC/C=C\C/C=C\C/C=C\C/C=C\C/C=C\C/C=C\C/C=C\C/C=C\C/C=C\CCCCCC(=O)OCC(COC(=O)CCCCC/C=C\C/C=C\C/C=C\CC)OC(=O)CCCCCCCCC/C=C\C/C=C\C/C=C\CC. The molecule has 0 spiro atoms. The molecule has 6 heteroatoms. The van der Waals surface area contributed by atoms with Crippen molar-refractivity contribution in [2.24, 2.45) is 0 Å². The van der Waals surface area contributed by atoms with E-state index in [0.29, 0.717) is 19.3 Å². The smallest absolute Gasteiger partial charge is 0.306 e. The van der Waals surface area contributed by atoms with Crippen molar-refractivity contribution in [1.29, 1.82) is 0 Å². The van der Waals surface area contributed by atoms with Gasteiger partial charge in [0.2, 0.25) is 0 Å². The summed E-state index contributed by atoms with van der Waals surface area (Å²) in [5.74, 6) is -0.996. The van der Waals surface area contributed by atoms with E-state index in [9.17, 15) is 14.4 Å². The van der Waals surface area contributed by atoms with E-state index < -0.39 is 6.10 Å².